The number of unbranched alkanes of at least 4 members (excludes halogenated alkanes) is 2. The molecule has 3 N–H and O–H groups in total. The third-order valence-corrected chi connectivity index (χ3v) is 12.5. The molecule has 1 fully saturated rings. The van der Waals surface area contributed by atoms with E-state index in [1.54, 1.807) is 55.5 Å². The van der Waals surface area contributed by atoms with E-state index in [0.717, 1.165) is 47.6 Å². The van der Waals surface area contributed by atoms with Crippen molar-refractivity contribution in [2.75, 3.05) is 53.5 Å². The molecular weight excluding hydrogens is 791 g/mol. The van der Waals surface area contributed by atoms with E-state index in [1.165, 1.54) is 14.2 Å². The van der Waals surface area contributed by atoms with Crippen molar-refractivity contribution in [1.82, 2.24) is 4.90 Å². The van der Waals surface area contributed by atoms with Crippen molar-refractivity contribution < 1.29 is 48.3 Å². The minimum absolute atomic E-state index is 0.0139. The summed E-state index contributed by atoms with van der Waals surface area (Å²) in [6.45, 7) is 4.27. The van der Waals surface area contributed by atoms with E-state index in [9.17, 15) is 19.8 Å². The van der Waals surface area contributed by atoms with Gasteiger partial charge in [0.1, 0.15) is 36.1 Å². The molecule has 1 saturated carbocycles. The number of carbonyl (C=O) groups is 2. The van der Waals surface area contributed by atoms with E-state index in [2.05, 4.69) is 23.1 Å². The Bertz CT molecular complexity index is 2310. The highest BCUT2D eigenvalue weighted by Crippen LogP contribution is 2.62. The van der Waals surface area contributed by atoms with Crippen LogP contribution < -0.4 is 24.3 Å². The number of oxime groups is 1. The molecule has 328 valence electrons. The second-order valence-corrected chi connectivity index (χ2v) is 16.0. The molecule has 0 saturated heterocycles. The average molecular weight is 848 g/mol. The maximum absolute atomic E-state index is 14.7. The van der Waals surface area contributed by atoms with E-state index in [4.69, 9.17) is 28.5 Å². The SMILES string of the molecule is C=CCOC12Oc3ccc(OC(=O)Nc4ccc(OC)cc4OC)cc3C3C(CCCCO)C(CCCCO)C=C(C(=NOC)CC1N(C)C(=O)c1ccc4ccccc4c1)C32. The van der Waals surface area contributed by atoms with Crippen LogP contribution in [0, 0.1) is 17.8 Å². The van der Waals surface area contributed by atoms with Crippen LogP contribution in [-0.4, -0.2) is 92.9 Å². The highest BCUT2D eigenvalue weighted by molar-refractivity contribution is 6.04. The first-order chi connectivity index (χ1) is 30.2. The predicted octanol–water partition coefficient (Wildman–Crippen LogP) is 8.50. The summed E-state index contributed by atoms with van der Waals surface area (Å²) in [5, 5.41) is 29.2. The van der Waals surface area contributed by atoms with Crippen molar-refractivity contribution in [2.24, 2.45) is 22.9 Å². The van der Waals surface area contributed by atoms with E-state index in [0.29, 0.717) is 52.8 Å². The number of likely N-dealkylation sites (N-methyl/N-ethyl adjacent to an activating group) is 1. The molecule has 7 rings (SSSR count). The lowest BCUT2D eigenvalue weighted by Gasteiger charge is -2.59. The summed E-state index contributed by atoms with van der Waals surface area (Å²) in [5.41, 5.74) is 3.31. The molecule has 0 radical (unpaired) electrons. The molecule has 4 aromatic rings. The van der Waals surface area contributed by atoms with Gasteiger partial charge in [-0.2, -0.15) is 0 Å². The molecule has 0 aromatic heterocycles. The summed E-state index contributed by atoms with van der Waals surface area (Å²) in [5.74, 6) is -0.642. The van der Waals surface area contributed by atoms with Crippen LogP contribution in [0.15, 0.2) is 108 Å². The number of methoxy groups -OCH3 is 2. The standard InChI is InChI=1S/C49H57N3O10/c1-6-25-60-49-44(52(2)47(55)34-18-17-31-13-7-8-14-32(31)26-34)30-41(51-59-5)38-27-33(15-9-11-23-53)37(16-10-12-24-54)45(46(38)49)39-28-36(20-22-42(39)62-49)61-48(56)50-40-21-19-35(57-3)29-43(40)58-4/h6-8,13-14,17-22,26-29,33,37,44-46,53-54H,1,9-12,15-16,23-25,30H2,2-5H3,(H,50,56). The van der Waals surface area contributed by atoms with Gasteiger partial charge in [-0.15, -0.1) is 6.58 Å². The normalized spacial score (nSPS) is 23.0. The molecule has 1 heterocycles. The molecule has 3 aliphatic rings. The number of nitrogens with one attached hydrogen (secondary N) is 1. The lowest BCUT2D eigenvalue weighted by Crippen LogP contribution is -2.69. The monoisotopic (exact) mass is 847 g/mol. The zero-order valence-electron chi connectivity index (χ0n) is 35.9. The molecule has 2 aliphatic carbocycles. The number of benzene rings is 4. The third kappa shape index (κ3) is 8.88. The molecule has 62 heavy (non-hydrogen) atoms. The Morgan fingerprint density at radius 2 is 1.68 bits per heavy atom. The van der Waals surface area contributed by atoms with Crippen molar-refractivity contribution in [2.45, 2.75) is 62.7 Å². The van der Waals surface area contributed by atoms with Gasteiger partial charge in [-0.1, -0.05) is 60.5 Å². The van der Waals surface area contributed by atoms with Crippen molar-refractivity contribution in [1.29, 1.82) is 0 Å². The van der Waals surface area contributed by atoms with Crippen LogP contribution in [0.25, 0.3) is 10.8 Å². The number of aliphatic hydroxyl groups is 2. The maximum atomic E-state index is 14.7. The summed E-state index contributed by atoms with van der Waals surface area (Å²) in [4.78, 5) is 35.5. The van der Waals surface area contributed by atoms with Crippen molar-refractivity contribution in [3.8, 4) is 23.0 Å². The quantitative estimate of drug-likeness (QED) is 0.0504. The van der Waals surface area contributed by atoms with Crippen LogP contribution in [0.5, 0.6) is 23.0 Å². The molecule has 6 unspecified atom stereocenters. The first kappa shape index (κ1) is 44.2. The van der Waals surface area contributed by atoms with Gasteiger partial charge in [0.05, 0.1) is 38.1 Å². The molecule has 13 nitrogen and oxygen atoms in total. The molecule has 1 aliphatic heterocycles. The molecular formula is C49H57N3O10. The minimum atomic E-state index is -1.43. The summed E-state index contributed by atoms with van der Waals surface area (Å²) >= 11 is 0. The van der Waals surface area contributed by atoms with Gasteiger partial charge in [-0.3, -0.25) is 10.1 Å². The van der Waals surface area contributed by atoms with Gasteiger partial charge in [0.25, 0.3) is 5.91 Å². The lowest BCUT2D eigenvalue weighted by atomic mass is 9.55. The zero-order valence-corrected chi connectivity index (χ0v) is 35.9. The second kappa shape index (κ2) is 19.9. The Labute approximate surface area is 362 Å². The topological polar surface area (TPSA) is 158 Å². The molecule has 0 spiro atoms. The fraction of sp³-hybridized carbons (Fsp3) is 0.408. The van der Waals surface area contributed by atoms with E-state index < -0.39 is 23.8 Å². The number of hydrogen-bond donors (Lipinski definition) is 3. The van der Waals surface area contributed by atoms with E-state index >= 15 is 0 Å². The van der Waals surface area contributed by atoms with Crippen molar-refractivity contribution >= 4 is 34.2 Å². The van der Waals surface area contributed by atoms with Gasteiger partial charge in [-0.05, 0) is 96.3 Å². The van der Waals surface area contributed by atoms with Crippen LogP contribution in [-0.2, 0) is 9.57 Å². The largest absolute Gasteiger partial charge is 0.497 e. The number of hydrogen-bond acceptors (Lipinski definition) is 11. The van der Waals surface area contributed by atoms with E-state index in [1.807, 2.05) is 48.5 Å². The predicted molar refractivity (Wildman–Crippen MR) is 237 cm³/mol. The average Bonchev–Trinajstić information content (AvgIpc) is 3.29. The molecule has 13 heteroatoms. The number of nitrogens with zero attached hydrogens (tertiary/aromatic N) is 2. The van der Waals surface area contributed by atoms with Gasteiger partial charge >= 0.3 is 6.09 Å². The fourth-order valence-corrected chi connectivity index (χ4v) is 9.71. The highest BCUT2D eigenvalue weighted by Gasteiger charge is 2.65. The molecule has 4 aromatic carbocycles. The van der Waals surface area contributed by atoms with Gasteiger partial charge in [0.2, 0.25) is 5.79 Å². The lowest BCUT2D eigenvalue weighted by molar-refractivity contribution is -0.252. The third-order valence-electron chi connectivity index (χ3n) is 12.5. The van der Waals surface area contributed by atoms with Gasteiger partial charge < -0.3 is 43.6 Å². The summed E-state index contributed by atoms with van der Waals surface area (Å²) in [7, 11) is 6.35. The zero-order chi connectivity index (χ0) is 43.8. The summed E-state index contributed by atoms with van der Waals surface area (Å²) in [6, 6.07) is 23.3. The number of amides is 2. The Morgan fingerprint density at radius 3 is 2.40 bits per heavy atom. The summed E-state index contributed by atoms with van der Waals surface area (Å²) in [6.07, 6.45) is 7.86. The molecule has 6 atom stereocenters. The minimum Gasteiger partial charge on any atom is -0.497 e. The van der Waals surface area contributed by atoms with Gasteiger partial charge in [-0.25, -0.2) is 4.79 Å². The first-order valence-electron chi connectivity index (χ1n) is 21.3. The first-order valence-corrected chi connectivity index (χ1v) is 21.3. The number of aliphatic hydroxyl groups excluding tert-OH is 2. The van der Waals surface area contributed by atoms with E-state index in [-0.39, 0.29) is 49.9 Å². The summed E-state index contributed by atoms with van der Waals surface area (Å²) < 4.78 is 31.0. The number of allylic oxidation sites excluding steroid dienone is 1. The van der Waals surface area contributed by atoms with Gasteiger partial charge in [0.15, 0.2) is 0 Å². The molecule has 0 bridgehead atoms. The number of anilines is 1. The Balaban J connectivity index is 1.36. The van der Waals surface area contributed by atoms with Crippen LogP contribution in [0.4, 0.5) is 10.5 Å². The Kier molecular flexibility index (Phi) is 14.2. The van der Waals surface area contributed by atoms with Crippen LogP contribution in [0.1, 0.15) is 66.8 Å². The van der Waals surface area contributed by atoms with Crippen molar-refractivity contribution in [3.63, 3.8) is 0 Å². The molecule has 2 amide bonds. The maximum Gasteiger partial charge on any atom is 0.417 e. The second-order valence-electron chi connectivity index (χ2n) is 16.0. The van der Waals surface area contributed by atoms with Gasteiger partial charge in [0, 0.05) is 49.8 Å². The van der Waals surface area contributed by atoms with Crippen molar-refractivity contribution in [3.05, 3.63) is 114 Å². The number of carbonyl (C=O) groups excluding carboxylic acids is 2. The van der Waals surface area contributed by atoms with Crippen LogP contribution in [0.2, 0.25) is 0 Å². The fourth-order valence-electron chi connectivity index (χ4n) is 9.71. The highest BCUT2D eigenvalue weighted by atomic mass is 16.7. The van der Waals surface area contributed by atoms with Crippen LogP contribution in [0.3, 0.4) is 0 Å². The number of fused-ring (bicyclic) bond motifs is 3. The Hall–Kier alpha value is -5.89. The van der Waals surface area contributed by atoms with Crippen LogP contribution >= 0.6 is 0 Å². The number of ether oxygens (including phenoxy) is 5. The number of rotatable bonds is 18. The Morgan fingerprint density at radius 1 is 0.919 bits per heavy atom. The smallest absolute Gasteiger partial charge is 0.417 e.